The van der Waals surface area contributed by atoms with Crippen LogP contribution in [0.3, 0.4) is 0 Å². The summed E-state index contributed by atoms with van der Waals surface area (Å²) in [7, 11) is 1.84. The van der Waals surface area contributed by atoms with Gasteiger partial charge in [-0.1, -0.05) is 5.21 Å². The van der Waals surface area contributed by atoms with Crippen LogP contribution in [-0.2, 0) is 7.05 Å². The third-order valence-corrected chi connectivity index (χ3v) is 6.14. The molecule has 1 saturated heterocycles. The lowest BCUT2D eigenvalue weighted by atomic mass is 10.0. The number of hydrogen-bond donors (Lipinski definition) is 3. The molecule has 3 N–H and O–H groups in total. The minimum Gasteiger partial charge on any atom is -0.364 e. The van der Waals surface area contributed by atoms with Gasteiger partial charge in [0.1, 0.15) is 5.82 Å². The number of anilines is 5. The largest absolute Gasteiger partial charge is 0.364 e. The Balaban J connectivity index is 1.46. The first-order valence-electron chi connectivity index (χ1n) is 11.2. The van der Waals surface area contributed by atoms with Crippen LogP contribution in [-0.4, -0.2) is 55.6 Å². The Labute approximate surface area is 187 Å². The number of aryl methyl sites for hydroxylation is 2. The van der Waals surface area contributed by atoms with E-state index in [1.165, 1.54) is 24.0 Å². The molecule has 0 radical (unpaired) electrons. The monoisotopic (exact) mass is 434 g/mol. The molecule has 4 heterocycles. The molecule has 1 atom stereocenters. The number of rotatable bonds is 6. The van der Waals surface area contributed by atoms with Crippen molar-refractivity contribution in [3.63, 3.8) is 0 Å². The van der Waals surface area contributed by atoms with Gasteiger partial charge in [-0.15, -0.1) is 5.10 Å². The molecule has 168 valence electrons. The van der Waals surface area contributed by atoms with Crippen LogP contribution in [0.2, 0.25) is 0 Å². The van der Waals surface area contributed by atoms with E-state index in [-0.39, 0.29) is 0 Å². The normalized spacial score (nSPS) is 18.6. The summed E-state index contributed by atoms with van der Waals surface area (Å²) in [5.41, 5.74) is 4.65. The smallest absolute Gasteiger partial charge is 0.230 e. The van der Waals surface area contributed by atoms with Gasteiger partial charge in [0.25, 0.3) is 0 Å². The molecule has 3 aromatic heterocycles. The fourth-order valence-corrected chi connectivity index (χ4v) is 4.19. The van der Waals surface area contributed by atoms with E-state index in [4.69, 9.17) is 9.97 Å². The van der Waals surface area contributed by atoms with Gasteiger partial charge in [0, 0.05) is 38.4 Å². The summed E-state index contributed by atoms with van der Waals surface area (Å²) in [6.07, 6.45) is 6.20. The molecule has 2 aliphatic rings. The van der Waals surface area contributed by atoms with Crippen LogP contribution < -0.4 is 20.9 Å². The van der Waals surface area contributed by atoms with Gasteiger partial charge in [-0.25, -0.2) is 9.97 Å². The number of nitrogens with zero attached hydrogens (tertiary/aromatic N) is 7. The summed E-state index contributed by atoms with van der Waals surface area (Å²) < 4.78 is 1.66. The van der Waals surface area contributed by atoms with Crippen LogP contribution in [0.1, 0.15) is 42.5 Å². The van der Waals surface area contributed by atoms with Gasteiger partial charge < -0.3 is 20.9 Å². The number of pyridine rings is 1. The van der Waals surface area contributed by atoms with Crippen molar-refractivity contribution >= 4 is 29.1 Å². The zero-order valence-electron chi connectivity index (χ0n) is 19.1. The van der Waals surface area contributed by atoms with Gasteiger partial charge >= 0.3 is 0 Å². The summed E-state index contributed by atoms with van der Waals surface area (Å²) in [6, 6.07) is 2.54. The van der Waals surface area contributed by atoms with Gasteiger partial charge in [-0.2, -0.15) is 4.98 Å². The number of aromatic nitrogens is 6. The first kappa shape index (κ1) is 20.6. The topological polar surface area (TPSA) is 109 Å². The zero-order chi connectivity index (χ0) is 22.2. The Hall–Kier alpha value is -3.27. The SMILES string of the molecule is Cc1nc(Nc2ncc(N3CCNC(C)C3)c(Nc3cn(C)nn3)n2)cc(C2CC2)c1C. The van der Waals surface area contributed by atoms with E-state index in [9.17, 15) is 0 Å². The second kappa shape index (κ2) is 8.34. The third-order valence-electron chi connectivity index (χ3n) is 6.14. The molecule has 5 rings (SSSR count). The average Bonchev–Trinajstić information content (AvgIpc) is 3.52. The molecular weight excluding hydrogens is 404 g/mol. The molecule has 0 spiro atoms. The molecule has 0 bridgehead atoms. The Morgan fingerprint density at radius 1 is 1.12 bits per heavy atom. The van der Waals surface area contributed by atoms with E-state index < -0.39 is 0 Å². The van der Waals surface area contributed by atoms with E-state index in [0.29, 0.717) is 29.5 Å². The van der Waals surface area contributed by atoms with Crippen LogP contribution >= 0.6 is 0 Å². The first-order chi connectivity index (χ1) is 15.5. The van der Waals surface area contributed by atoms with Crippen molar-refractivity contribution in [1.29, 1.82) is 0 Å². The fraction of sp³-hybridized carbons (Fsp3) is 0.500. The van der Waals surface area contributed by atoms with Crippen LogP contribution in [0.15, 0.2) is 18.5 Å². The van der Waals surface area contributed by atoms with Crippen LogP contribution in [0.5, 0.6) is 0 Å². The van der Waals surface area contributed by atoms with Crippen molar-refractivity contribution in [2.24, 2.45) is 7.05 Å². The van der Waals surface area contributed by atoms with Gasteiger partial charge in [0.15, 0.2) is 11.6 Å². The molecule has 1 aliphatic heterocycles. The van der Waals surface area contributed by atoms with Crippen LogP contribution in [0, 0.1) is 13.8 Å². The predicted octanol–water partition coefficient (Wildman–Crippen LogP) is 2.78. The predicted molar refractivity (Wildman–Crippen MR) is 125 cm³/mol. The summed E-state index contributed by atoms with van der Waals surface area (Å²) >= 11 is 0. The Morgan fingerprint density at radius 2 is 1.97 bits per heavy atom. The fourth-order valence-electron chi connectivity index (χ4n) is 4.19. The standard InChI is InChI=1S/C22H30N10/c1-13-11-32(8-7-23-13)18-10-24-22(28-21(18)26-20-12-31(4)30-29-20)27-19-9-17(16-5-6-16)14(2)15(3)25-19/h9-10,12-13,16,23H,5-8,11H2,1-4H3,(H2,24,25,26,27,28). The van der Waals surface area contributed by atoms with E-state index in [1.54, 1.807) is 4.68 Å². The quantitative estimate of drug-likeness (QED) is 0.539. The van der Waals surface area contributed by atoms with E-state index >= 15 is 0 Å². The first-order valence-corrected chi connectivity index (χ1v) is 11.2. The van der Waals surface area contributed by atoms with Crippen LogP contribution in [0.4, 0.5) is 29.1 Å². The molecule has 2 fully saturated rings. The van der Waals surface area contributed by atoms with Crippen molar-refractivity contribution in [2.75, 3.05) is 35.2 Å². The molecule has 1 saturated carbocycles. The summed E-state index contributed by atoms with van der Waals surface area (Å²) in [5.74, 6) is 3.28. The van der Waals surface area contributed by atoms with Crippen LogP contribution in [0.25, 0.3) is 0 Å². The second-order valence-corrected chi connectivity index (χ2v) is 8.84. The highest BCUT2D eigenvalue weighted by atomic mass is 15.4. The summed E-state index contributed by atoms with van der Waals surface area (Å²) in [6.45, 7) is 9.09. The maximum absolute atomic E-state index is 4.80. The highest BCUT2D eigenvalue weighted by Gasteiger charge is 2.27. The van der Waals surface area contributed by atoms with Crippen molar-refractivity contribution in [3.05, 3.63) is 35.3 Å². The number of hydrogen-bond acceptors (Lipinski definition) is 9. The maximum Gasteiger partial charge on any atom is 0.230 e. The van der Waals surface area contributed by atoms with Crippen molar-refractivity contribution in [3.8, 4) is 0 Å². The van der Waals surface area contributed by atoms with Crippen molar-refractivity contribution in [2.45, 2.75) is 45.6 Å². The number of piperazine rings is 1. The zero-order valence-corrected chi connectivity index (χ0v) is 19.1. The Kier molecular flexibility index (Phi) is 5.38. The molecule has 10 nitrogen and oxygen atoms in total. The highest BCUT2D eigenvalue weighted by Crippen LogP contribution is 2.42. The van der Waals surface area contributed by atoms with E-state index in [0.717, 1.165) is 36.8 Å². The van der Waals surface area contributed by atoms with Gasteiger partial charge in [-0.05, 0) is 56.7 Å². The minimum atomic E-state index is 0.395. The number of nitrogens with one attached hydrogen (secondary N) is 3. The van der Waals surface area contributed by atoms with Crippen molar-refractivity contribution < 1.29 is 0 Å². The highest BCUT2D eigenvalue weighted by molar-refractivity contribution is 5.71. The molecule has 0 aromatic carbocycles. The summed E-state index contributed by atoms with van der Waals surface area (Å²) in [4.78, 5) is 16.4. The Morgan fingerprint density at radius 3 is 2.69 bits per heavy atom. The second-order valence-electron chi connectivity index (χ2n) is 8.84. The third kappa shape index (κ3) is 4.36. The lowest BCUT2D eigenvalue weighted by Crippen LogP contribution is -2.49. The lowest BCUT2D eigenvalue weighted by molar-refractivity contribution is 0.484. The van der Waals surface area contributed by atoms with Crippen molar-refractivity contribution in [1.82, 2.24) is 35.3 Å². The minimum absolute atomic E-state index is 0.395. The summed E-state index contributed by atoms with van der Waals surface area (Å²) in [5, 5.41) is 18.3. The van der Waals surface area contributed by atoms with Gasteiger partial charge in [-0.3, -0.25) is 4.68 Å². The van der Waals surface area contributed by atoms with Gasteiger partial charge in [0.2, 0.25) is 5.95 Å². The maximum atomic E-state index is 4.80. The van der Waals surface area contributed by atoms with Gasteiger partial charge in [0.05, 0.1) is 18.1 Å². The molecule has 32 heavy (non-hydrogen) atoms. The Bertz CT molecular complexity index is 1120. The van der Waals surface area contributed by atoms with E-state index in [2.05, 4.69) is 63.0 Å². The molecule has 1 aliphatic carbocycles. The lowest BCUT2D eigenvalue weighted by Gasteiger charge is -2.34. The average molecular weight is 435 g/mol. The molecule has 10 heteroatoms. The van der Waals surface area contributed by atoms with E-state index in [1.807, 2.05) is 19.4 Å². The molecule has 1 unspecified atom stereocenters. The molecule has 3 aromatic rings. The molecule has 0 amide bonds. The molecular formula is C22H30N10.